The molecule has 24 heavy (non-hydrogen) atoms. The van der Waals surface area contributed by atoms with E-state index < -0.39 is 12.0 Å². The number of amides is 1. The molecule has 2 aromatic heterocycles. The highest BCUT2D eigenvalue weighted by Crippen LogP contribution is 2.40. The van der Waals surface area contributed by atoms with Crippen LogP contribution in [-0.2, 0) is 11.0 Å². The predicted molar refractivity (Wildman–Crippen MR) is 77.5 cm³/mol. The van der Waals surface area contributed by atoms with Crippen molar-refractivity contribution in [1.29, 1.82) is 0 Å². The van der Waals surface area contributed by atoms with Crippen molar-refractivity contribution in [3.63, 3.8) is 0 Å². The number of pyridine rings is 1. The number of benzene rings is 1. The molecule has 1 aliphatic heterocycles. The lowest BCUT2D eigenvalue weighted by atomic mass is 10.0. The van der Waals surface area contributed by atoms with E-state index in [-0.39, 0.29) is 18.2 Å². The van der Waals surface area contributed by atoms with Crippen LogP contribution in [-0.4, -0.2) is 27.1 Å². The molecule has 1 aliphatic rings. The summed E-state index contributed by atoms with van der Waals surface area (Å²) in [7, 11) is 0. The summed E-state index contributed by atoms with van der Waals surface area (Å²) in [5.74, 6) is -1.12. The summed E-state index contributed by atoms with van der Waals surface area (Å²) in [6.07, 6.45) is -3.25. The van der Waals surface area contributed by atoms with Gasteiger partial charge in [-0.05, 0) is 18.2 Å². The highest BCUT2D eigenvalue weighted by molar-refractivity contribution is 5.98. The molecule has 4 rings (SSSR count). The highest BCUT2D eigenvalue weighted by atomic mass is 19.4. The van der Waals surface area contributed by atoms with E-state index in [0.29, 0.717) is 22.6 Å². The number of fused-ring (bicyclic) bond motifs is 2. The molecule has 0 saturated heterocycles. The number of nitrogens with zero attached hydrogens (tertiary/aromatic N) is 3. The second kappa shape index (κ2) is 4.95. The van der Waals surface area contributed by atoms with Gasteiger partial charge in [0, 0.05) is 17.3 Å². The quantitative estimate of drug-likeness (QED) is 0.743. The topological polar surface area (TPSA) is 68.5 Å². The first-order valence-electron chi connectivity index (χ1n) is 6.92. The van der Waals surface area contributed by atoms with E-state index in [1.54, 1.807) is 30.3 Å². The number of alkyl halides is 3. The molecular weight excluding hydrogens is 325 g/mol. The van der Waals surface area contributed by atoms with Crippen molar-refractivity contribution in [2.45, 2.75) is 6.18 Å². The summed E-state index contributed by atoms with van der Waals surface area (Å²) in [6, 6.07) is 8.21. The fourth-order valence-electron chi connectivity index (χ4n) is 2.56. The molecule has 0 spiro atoms. The third-order valence-electron chi connectivity index (χ3n) is 3.54. The number of hydrogen-bond donors (Lipinski definition) is 1. The van der Waals surface area contributed by atoms with Crippen molar-refractivity contribution in [2.75, 3.05) is 11.9 Å². The van der Waals surface area contributed by atoms with Gasteiger partial charge >= 0.3 is 6.18 Å². The lowest BCUT2D eigenvalue weighted by Crippen LogP contribution is -2.25. The van der Waals surface area contributed by atoms with E-state index >= 15 is 0 Å². The zero-order valence-corrected chi connectivity index (χ0v) is 12.0. The number of nitrogens with one attached hydrogen (secondary N) is 1. The number of anilines is 1. The van der Waals surface area contributed by atoms with Gasteiger partial charge in [0.2, 0.25) is 0 Å². The average Bonchev–Trinajstić information content (AvgIpc) is 2.98. The van der Waals surface area contributed by atoms with Gasteiger partial charge in [-0.2, -0.15) is 13.2 Å². The third kappa shape index (κ3) is 2.25. The smallest absolute Gasteiger partial charge is 0.453 e. The van der Waals surface area contributed by atoms with Gasteiger partial charge in [0.1, 0.15) is 0 Å². The molecule has 1 aromatic carbocycles. The number of para-hydroxylation sites is 1. The maximum absolute atomic E-state index is 12.9. The van der Waals surface area contributed by atoms with Crippen LogP contribution in [0.4, 0.5) is 18.9 Å². The molecule has 0 saturated carbocycles. The molecule has 1 amide bonds. The van der Waals surface area contributed by atoms with Crippen molar-refractivity contribution < 1.29 is 22.7 Å². The van der Waals surface area contributed by atoms with Gasteiger partial charge in [-0.3, -0.25) is 4.79 Å². The third-order valence-corrected chi connectivity index (χ3v) is 3.54. The maximum Gasteiger partial charge on any atom is 0.453 e. The number of halogens is 3. The molecule has 0 bridgehead atoms. The van der Waals surface area contributed by atoms with Gasteiger partial charge in [-0.1, -0.05) is 12.1 Å². The van der Waals surface area contributed by atoms with E-state index in [4.69, 9.17) is 4.74 Å². The Kier molecular flexibility index (Phi) is 2.99. The molecule has 9 heteroatoms. The summed E-state index contributed by atoms with van der Waals surface area (Å²) in [5, 5.41) is 6.13. The zero-order chi connectivity index (χ0) is 16.9. The molecule has 0 aliphatic carbocycles. The predicted octanol–water partition coefficient (Wildman–Crippen LogP) is 2.75. The van der Waals surface area contributed by atoms with Crippen LogP contribution in [0.25, 0.3) is 16.8 Å². The Morgan fingerprint density at radius 1 is 1.17 bits per heavy atom. The molecule has 0 atom stereocenters. The first-order chi connectivity index (χ1) is 11.4. The molecule has 0 fully saturated rings. The van der Waals surface area contributed by atoms with Crippen molar-refractivity contribution in [1.82, 2.24) is 14.6 Å². The summed E-state index contributed by atoms with van der Waals surface area (Å²) in [5.41, 5.74) is 1.47. The fourth-order valence-corrected chi connectivity index (χ4v) is 2.56. The molecule has 1 N–H and O–H groups in total. The minimum atomic E-state index is -4.64. The molecule has 0 radical (unpaired) electrons. The Balaban J connectivity index is 1.93. The Labute approximate surface area is 132 Å². The molecule has 3 aromatic rings. The largest absolute Gasteiger partial charge is 0.481 e. The zero-order valence-electron chi connectivity index (χ0n) is 12.0. The Hall–Kier alpha value is -3.10. The van der Waals surface area contributed by atoms with Crippen molar-refractivity contribution in [2.24, 2.45) is 0 Å². The second-order valence-electron chi connectivity index (χ2n) is 5.14. The van der Waals surface area contributed by atoms with Crippen LogP contribution < -0.4 is 10.1 Å². The van der Waals surface area contributed by atoms with E-state index in [9.17, 15) is 18.0 Å². The summed E-state index contributed by atoms with van der Waals surface area (Å²) < 4.78 is 45.1. The van der Waals surface area contributed by atoms with Crippen LogP contribution in [0, 0.1) is 0 Å². The summed E-state index contributed by atoms with van der Waals surface area (Å²) >= 11 is 0. The Morgan fingerprint density at radius 2 is 1.96 bits per heavy atom. The number of carbonyl (C=O) groups is 1. The van der Waals surface area contributed by atoms with Crippen molar-refractivity contribution in [3.8, 4) is 16.9 Å². The number of ether oxygens (including phenoxy) is 1. The van der Waals surface area contributed by atoms with E-state index in [1.807, 2.05) is 0 Å². The molecular formula is C15H9F3N4O2. The van der Waals surface area contributed by atoms with E-state index in [1.165, 1.54) is 6.20 Å². The van der Waals surface area contributed by atoms with Crippen molar-refractivity contribution >= 4 is 17.2 Å². The van der Waals surface area contributed by atoms with Crippen LogP contribution in [0.15, 0.2) is 36.5 Å². The maximum atomic E-state index is 12.9. The van der Waals surface area contributed by atoms with E-state index in [0.717, 1.165) is 4.52 Å². The van der Waals surface area contributed by atoms with Gasteiger partial charge in [-0.25, -0.2) is 9.50 Å². The number of carbonyl (C=O) groups excluding carboxylic acids is 1. The van der Waals surface area contributed by atoms with Gasteiger partial charge < -0.3 is 10.1 Å². The highest BCUT2D eigenvalue weighted by Gasteiger charge is 2.36. The number of hydrogen-bond acceptors (Lipinski definition) is 4. The van der Waals surface area contributed by atoms with Crippen molar-refractivity contribution in [3.05, 3.63) is 42.4 Å². The molecule has 122 valence electrons. The minimum Gasteiger partial charge on any atom is -0.481 e. The van der Waals surface area contributed by atoms with Gasteiger partial charge in [0.15, 0.2) is 18.0 Å². The standard InChI is InChI=1S/C15H9F3N4O2/c16-15(17,18)14-20-13-9(4-2-6-22(13)21-14)8-3-1-5-10-12(8)24-7-11(23)19-10/h1-6H,7H2,(H,19,23). The number of rotatable bonds is 1. The van der Waals surface area contributed by atoms with Gasteiger partial charge in [0.25, 0.3) is 11.7 Å². The van der Waals surface area contributed by atoms with E-state index in [2.05, 4.69) is 15.4 Å². The fraction of sp³-hybridized carbons (Fsp3) is 0.133. The minimum absolute atomic E-state index is 0.0544. The number of aromatic nitrogens is 3. The average molecular weight is 334 g/mol. The lowest BCUT2D eigenvalue weighted by molar-refractivity contribution is -0.144. The normalized spacial score (nSPS) is 14.2. The first-order valence-corrected chi connectivity index (χ1v) is 6.92. The summed E-state index contributed by atoms with van der Waals surface area (Å²) in [4.78, 5) is 15.0. The van der Waals surface area contributed by atoms with Gasteiger partial charge in [-0.15, -0.1) is 5.10 Å². The Morgan fingerprint density at radius 3 is 2.75 bits per heavy atom. The van der Waals surface area contributed by atoms with Crippen LogP contribution in [0.3, 0.4) is 0 Å². The molecule has 6 nitrogen and oxygen atoms in total. The molecule has 3 heterocycles. The second-order valence-corrected chi connectivity index (χ2v) is 5.14. The Bertz CT molecular complexity index is 965. The summed E-state index contributed by atoms with van der Waals surface area (Å²) in [6.45, 7) is -0.159. The van der Waals surface area contributed by atoms with Gasteiger partial charge in [0.05, 0.1) is 5.69 Å². The molecule has 0 unspecified atom stereocenters. The SMILES string of the molecule is O=C1COc2c(cccc2-c2cccn3nc(C(F)(F)F)nc23)N1. The monoisotopic (exact) mass is 334 g/mol. The van der Waals surface area contributed by atoms with Crippen LogP contribution >= 0.6 is 0 Å². The van der Waals surface area contributed by atoms with Crippen LogP contribution in [0.2, 0.25) is 0 Å². The van der Waals surface area contributed by atoms with Crippen LogP contribution in [0.1, 0.15) is 5.82 Å². The van der Waals surface area contributed by atoms with Crippen LogP contribution in [0.5, 0.6) is 5.75 Å². The first kappa shape index (κ1) is 14.5. The lowest BCUT2D eigenvalue weighted by Gasteiger charge is -2.20.